The van der Waals surface area contributed by atoms with Gasteiger partial charge < -0.3 is 0 Å². The van der Waals surface area contributed by atoms with Gasteiger partial charge in [-0.1, -0.05) is 90.5 Å². The first-order chi connectivity index (χ1) is 14.3. The Bertz CT molecular complexity index is 1180. The number of benzene rings is 4. The van der Waals surface area contributed by atoms with E-state index in [9.17, 15) is 0 Å². The van der Waals surface area contributed by atoms with Gasteiger partial charge >= 0.3 is 0 Å². The minimum absolute atomic E-state index is 0.756. The van der Waals surface area contributed by atoms with Gasteiger partial charge in [0.25, 0.3) is 0 Å². The maximum atomic E-state index is 6.44. The van der Waals surface area contributed by atoms with Crippen molar-refractivity contribution in [2.75, 3.05) is 0 Å². The molecule has 5 rings (SSSR count). The molecule has 0 saturated carbocycles. The number of hydrogen-bond acceptors (Lipinski definition) is 0. The molecule has 0 heterocycles. The molecule has 140 valence electrons. The molecule has 0 amide bonds. The number of rotatable bonds is 3. The van der Waals surface area contributed by atoms with Crippen molar-refractivity contribution < 1.29 is 0 Å². The topological polar surface area (TPSA) is 0 Å². The summed E-state index contributed by atoms with van der Waals surface area (Å²) in [5.41, 5.74) is 9.91. The van der Waals surface area contributed by atoms with Gasteiger partial charge in [-0.25, -0.2) is 0 Å². The zero-order valence-corrected chi connectivity index (χ0v) is 16.9. The Morgan fingerprint density at radius 1 is 0.552 bits per heavy atom. The molecule has 0 atom stereocenters. The number of fused-ring (bicyclic) bond motifs is 1. The largest absolute Gasteiger partial charge is 0.0843 e. The molecule has 1 aliphatic rings. The summed E-state index contributed by atoms with van der Waals surface area (Å²) in [5, 5.41) is 0.756. The Hall–Kier alpha value is -3.09. The normalized spacial score (nSPS) is 12.6. The van der Waals surface area contributed by atoms with Crippen LogP contribution in [0.3, 0.4) is 0 Å². The monoisotopic (exact) mass is 392 g/mol. The number of aryl methyl sites for hydroxylation is 1. The van der Waals surface area contributed by atoms with E-state index in [2.05, 4.69) is 84.9 Å². The summed E-state index contributed by atoms with van der Waals surface area (Å²) in [6.45, 7) is 0. The highest BCUT2D eigenvalue weighted by molar-refractivity contribution is 6.31. The average molecular weight is 393 g/mol. The third-order valence-electron chi connectivity index (χ3n) is 5.58. The maximum Gasteiger partial charge on any atom is 0.0418 e. The van der Waals surface area contributed by atoms with Gasteiger partial charge in [0.1, 0.15) is 0 Å². The summed E-state index contributed by atoms with van der Waals surface area (Å²) in [6.07, 6.45) is 6.79. The molecule has 0 N–H and O–H groups in total. The maximum absolute atomic E-state index is 6.44. The molecule has 0 nitrogen and oxygen atoms in total. The Balaban J connectivity index is 1.48. The lowest BCUT2D eigenvalue weighted by Crippen LogP contribution is -1.94. The summed E-state index contributed by atoms with van der Waals surface area (Å²) in [4.78, 5) is 0. The van der Waals surface area contributed by atoms with E-state index in [4.69, 9.17) is 11.6 Å². The standard InChI is InChI=1S/C28H21Cl/c29-28-18-26(20-6-2-1-3-7-20)17-27(19-28)23-12-10-22(11-13-23)25-15-14-21-8-4-5-9-24(21)16-25/h1-3,5-7,9-19H,4,8H2. The van der Waals surface area contributed by atoms with E-state index in [-0.39, 0.29) is 0 Å². The molecule has 0 bridgehead atoms. The third kappa shape index (κ3) is 3.77. The van der Waals surface area contributed by atoms with Crippen LogP contribution in [0, 0.1) is 0 Å². The Kier molecular flexibility index (Phi) is 4.79. The van der Waals surface area contributed by atoms with E-state index < -0.39 is 0 Å². The highest BCUT2D eigenvalue weighted by atomic mass is 35.5. The van der Waals surface area contributed by atoms with Gasteiger partial charge in [-0.15, -0.1) is 0 Å². The number of hydrogen-bond donors (Lipinski definition) is 0. The molecule has 4 aromatic rings. The van der Waals surface area contributed by atoms with Crippen molar-refractivity contribution in [2.24, 2.45) is 0 Å². The smallest absolute Gasteiger partial charge is 0.0418 e. The van der Waals surface area contributed by atoms with Crippen molar-refractivity contribution in [3.63, 3.8) is 0 Å². The van der Waals surface area contributed by atoms with E-state index >= 15 is 0 Å². The van der Waals surface area contributed by atoms with Crippen LogP contribution < -0.4 is 0 Å². The van der Waals surface area contributed by atoms with Crippen molar-refractivity contribution in [3.05, 3.63) is 113 Å². The molecule has 0 saturated heterocycles. The molecular weight excluding hydrogens is 372 g/mol. The molecule has 29 heavy (non-hydrogen) atoms. The summed E-state index contributed by atoms with van der Waals surface area (Å²) in [6, 6.07) is 32.2. The molecule has 0 spiro atoms. The Morgan fingerprint density at radius 2 is 1.17 bits per heavy atom. The zero-order valence-electron chi connectivity index (χ0n) is 16.1. The van der Waals surface area contributed by atoms with Crippen LogP contribution in [0.15, 0.2) is 97.1 Å². The first-order valence-corrected chi connectivity index (χ1v) is 10.4. The molecule has 1 heteroatoms. The molecule has 0 aromatic heterocycles. The van der Waals surface area contributed by atoms with Gasteiger partial charge in [-0.2, -0.15) is 0 Å². The first-order valence-electron chi connectivity index (χ1n) is 10.0. The molecule has 0 aliphatic heterocycles. The van der Waals surface area contributed by atoms with Gasteiger partial charge in [-0.05, 0) is 81.6 Å². The second-order valence-corrected chi connectivity index (χ2v) is 7.96. The molecule has 1 aliphatic carbocycles. The van der Waals surface area contributed by atoms with Crippen molar-refractivity contribution in [3.8, 4) is 33.4 Å². The van der Waals surface area contributed by atoms with E-state index in [1.54, 1.807) is 0 Å². The lowest BCUT2D eigenvalue weighted by atomic mass is 9.92. The second kappa shape index (κ2) is 7.73. The van der Waals surface area contributed by atoms with Crippen molar-refractivity contribution in [2.45, 2.75) is 12.8 Å². The van der Waals surface area contributed by atoms with Crippen LogP contribution in [-0.4, -0.2) is 0 Å². The zero-order chi connectivity index (χ0) is 19.6. The highest BCUT2D eigenvalue weighted by Gasteiger charge is 2.08. The van der Waals surface area contributed by atoms with Crippen LogP contribution >= 0.6 is 11.6 Å². The summed E-state index contributed by atoms with van der Waals surface area (Å²) < 4.78 is 0. The average Bonchev–Trinajstić information content (AvgIpc) is 2.79. The lowest BCUT2D eigenvalue weighted by Gasteiger charge is -2.13. The molecule has 4 aromatic carbocycles. The summed E-state index contributed by atoms with van der Waals surface area (Å²) >= 11 is 6.44. The van der Waals surface area contributed by atoms with Gasteiger partial charge in [0.15, 0.2) is 0 Å². The van der Waals surface area contributed by atoms with Crippen LogP contribution in [0.1, 0.15) is 17.5 Å². The number of allylic oxidation sites excluding steroid dienone is 1. The Morgan fingerprint density at radius 3 is 1.90 bits per heavy atom. The van der Waals surface area contributed by atoms with Crippen molar-refractivity contribution >= 4 is 17.7 Å². The van der Waals surface area contributed by atoms with Crippen LogP contribution in [0.25, 0.3) is 39.5 Å². The first kappa shape index (κ1) is 18.0. The molecule has 0 radical (unpaired) electrons. The van der Waals surface area contributed by atoms with Crippen LogP contribution in [-0.2, 0) is 6.42 Å². The van der Waals surface area contributed by atoms with Gasteiger partial charge in [0.2, 0.25) is 0 Å². The fourth-order valence-electron chi connectivity index (χ4n) is 4.02. The van der Waals surface area contributed by atoms with Crippen LogP contribution in [0.5, 0.6) is 0 Å². The van der Waals surface area contributed by atoms with Gasteiger partial charge in [0, 0.05) is 5.02 Å². The quantitative estimate of drug-likeness (QED) is 0.329. The summed E-state index contributed by atoms with van der Waals surface area (Å²) in [7, 11) is 0. The van der Waals surface area contributed by atoms with E-state index in [0.29, 0.717) is 0 Å². The van der Waals surface area contributed by atoms with E-state index in [1.165, 1.54) is 33.4 Å². The minimum atomic E-state index is 0.756. The summed E-state index contributed by atoms with van der Waals surface area (Å²) in [5.74, 6) is 0. The predicted molar refractivity (Wildman–Crippen MR) is 125 cm³/mol. The van der Waals surface area contributed by atoms with Gasteiger partial charge in [0.05, 0.1) is 0 Å². The van der Waals surface area contributed by atoms with Gasteiger partial charge in [-0.3, -0.25) is 0 Å². The second-order valence-electron chi connectivity index (χ2n) is 7.53. The Labute approximate surface area is 177 Å². The van der Waals surface area contributed by atoms with Crippen molar-refractivity contribution in [1.82, 2.24) is 0 Å². The molecule has 0 unspecified atom stereocenters. The SMILES string of the molecule is Clc1cc(-c2ccccc2)cc(-c2ccc(-c3ccc4c(c3)C=CCC4)cc2)c1. The fraction of sp³-hybridized carbons (Fsp3) is 0.0714. The fourth-order valence-corrected chi connectivity index (χ4v) is 4.25. The minimum Gasteiger partial charge on any atom is -0.0843 e. The van der Waals surface area contributed by atoms with Crippen molar-refractivity contribution in [1.29, 1.82) is 0 Å². The highest BCUT2D eigenvalue weighted by Crippen LogP contribution is 2.32. The van der Waals surface area contributed by atoms with E-state index in [0.717, 1.165) is 29.0 Å². The van der Waals surface area contributed by atoms with Crippen LogP contribution in [0.4, 0.5) is 0 Å². The van der Waals surface area contributed by atoms with E-state index in [1.807, 2.05) is 18.2 Å². The lowest BCUT2D eigenvalue weighted by molar-refractivity contribution is 0.986. The molecular formula is C28H21Cl. The number of halogens is 1. The molecule has 0 fully saturated rings. The predicted octanol–water partition coefficient (Wildman–Crippen LogP) is 8.30. The van der Waals surface area contributed by atoms with Crippen LogP contribution in [0.2, 0.25) is 5.02 Å². The third-order valence-corrected chi connectivity index (χ3v) is 5.80.